The standard InChI is InChI=1S/C15H16N2S2/c1-11(2)15-17(12-6-4-3-5-7-12)9-14(19-15)13-8-16-10-18-13/h3-11,15H,1-2H3. The second-order valence-corrected chi connectivity index (χ2v) is 6.90. The van der Waals surface area contributed by atoms with Crippen LogP contribution in [0.15, 0.2) is 48.2 Å². The van der Waals surface area contributed by atoms with E-state index in [2.05, 4.69) is 60.3 Å². The number of benzene rings is 1. The van der Waals surface area contributed by atoms with Gasteiger partial charge in [0.05, 0.1) is 15.8 Å². The first kappa shape index (κ1) is 12.8. The molecule has 0 spiro atoms. The van der Waals surface area contributed by atoms with Crippen LogP contribution in [0.3, 0.4) is 0 Å². The summed E-state index contributed by atoms with van der Waals surface area (Å²) in [4.78, 5) is 9.14. The summed E-state index contributed by atoms with van der Waals surface area (Å²) >= 11 is 3.64. The number of thiazole rings is 1. The van der Waals surface area contributed by atoms with E-state index in [1.807, 2.05) is 23.5 Å². The van der Waals surface area contributed by atoms with Crippen LogP contribution in [0.5, 0.6) is 0 Å². The first-order chi connectivity index (χ1) is 9.25. The maximum atomic E-state index is 4.18. The Hall–Kier alpha value is -1.26. The summed E-state index contributed by atoms with van der Waals surface area (Å²) in [5, 5.41) is 0.458. The summed E-state index contributed by atoms with van der Waals surface area (Å²) in [6.07, 6.45) is 4.22. The Balaban J connectivity index is 1.95. The summed E-state index contributed by atoms with van der Waals surface area (Å²) < 4.78 is 0. The van der Waals surface area contributed by atoms with Crippen LogP contribution in [-0.2, 0) is 0 Å². The highest BCUT2D eigenvalue weighted by atomic mass is 32.2. The summed E-state index contributed by atoms with van der Waals surface area (Å²) in [6.45, 7) is 4.55. The fourth-order valence-corrected chi connectivity index (χ4v) is 4.14. The van der Waals surface area contributed by atoms with Gasteiger partial charge < -0.3 is 4.90 Å². The average Bonchev–Trinajstić information content (AvgIpc) is 3.08. The minimum atomic E-state index is 0.458. The third-order valence-electron chi connectivity index (χ3n) is 3.08. The second-order valence-electron chi connectivity index (χ2n) is 4.85. The van der Waals surface area contributed by atoms with Gasteiger partial charge in [0, 0.05) is 23.0 Å². The molecule has 0 saturated heterocycles. The molecule has 4 heteroatoms. The van der Waals surface area contributed by atoms with E-state index in [1.54, 1.807) is 11.3 Å². The minimum Gasteiger partial charge on any atom is -0.334 e. The smallest absolute Gasteiger partial charge is 0.0864 e. The summed E-state index contributed by atoms with van der Waals surface area (Å²) in [7, 11) is 0. The van der Waals surface area contributed by atoms with E-state index in [4.69, 9.17) is 0 Å². The van der Waals surface area contributed by atoms with Crippen LogP contribution < -0.4 is 4.90 Å². The first-order valence-corrected chi connectivity index (χ1v) is 8.12. The molecule has 2 heterocycles. The van der Waals surface area contributed by atoms with E-state index in [9.17, 15) is 0 Å². The Morgan fingerprint density at radius 2 is 2.00 bits per heavy atom. The number of thioether (sulfide) groups is 1. The Morgan fingerprint density at radius 1 is 1.21 bits per heavy atom. The van der Waals surface area contributed by atoms with Gasteiger partial charge in [-0.25, -0.2) is 0 Å². The normalized spacial score (nSPS) is 19.0. The van der Waals surface area contributed by atoms with Crippen LogP contribution in [0.25, 0.3) is 4.91 Å². The van der Waals surface area contributed by atoms with Gasteiger partial charge in [0.1, 0.15) is 0 Å². The molecule has 98 valence electrons. The molecule has 0 amide bonds. The molecule has 0 radical (unpaired) electrons. The lowest BCUT2D eigenvalue weighted by Crippen LogP contribution is -2.28. The number of para-hydroxylation sites is 1. The molecule has 0 bridgehead atoms. The van der Waals surface area contributed by atoms with Crippen molar-refractivity contribution in [2.75, 3.05) is 4.90 Å². The largest absolute Gasteiger partial charge is 0.334 e. The Labute approximate surface area is 122 Å². The van der Waals surface area contributed by atoms with Crippen molar-refractivity contribution in [2.24, 2.45) is 5.92 Å². The van der Waals surface area contributed by atoms with E-state index in [-0.39, 0.29) is 0 Å². The van der Waals surface area contributed by atoms with Gasteiger partial charge in [-0.2, -0.15) is 0 Å². The number of hydrogen-bond donors (Lipinski definition) is 0. The van der Waals surface area contributed by atoms with Crippen LogP contribution in [0.1, 0.15) is 18.7 Å². The molecule has 0 fully saturated rings. The van der Waals surface area contributed by atoms with Crippen molar-refractivity contribution in [1.29, 1.82) is 0 Å². The molecule has 19 heavy (non-hydrogen) atoms. The zero-order chi connectivity index (χ0) is 13.2. The highest BCUT2D eigenvalue weighted by Crippen LogP contribution is 2.45. The molecule has 1 unspecified atom stereocenters. The molecule has 1 aromatic carbocycles. The molecule has 0 aliphatic carbocycles. The Kier molecular flexibility index (Phi) is 3.62. The SMILES string of the molecule is CC(C)C1SC(c2cncs2)=CN1c1ccccc1. The zero-order valence-electron chi connectivity index (χ0n) is 11.0. The van der Waals surface area contributed by atoms with Gasteiger partial charge in [-0.3, -0.25) is 4.98 Å². The lowest BCUT2D eigenvalue weighted by Gasteiger charge is -2.27. The third kappa shape index (κ3) is 2.55. The molecule has 3 rings (SSSR count). The molecule has 1 aromatic heterocycles. The molecule has 2 nitrogen and oxygen atoms in total. The van der Waals surface area contributed by atoms with E-state index in [0.29, 0.717) is 11.3 Å². The lowest BCUT2D eigenvalue weighted by atomic mass is 10.2. The number of hydrogen-bond acceptors (Lipinski definition) is 4. The molecule has 1 atom stereocenters. The van der Waals surface area contributed by atoms with Crippen molar-refractivity contribution in [3.63, 3.8) is 0 Å². The summed E-state index contributed by atoms with van der Waals surface area (Å²) in [6, 6.07) is 10.6. The van der Waals surface area contributed by atoms with E-state index >= 15 is 0 Å². The summed E-state index contributed by atoms with van der Waals surface area (Å²) in [5.74, 6) is 0.590. The lowest BCUT2D eigenvalue weighted by molar-refractivity contribution is 0.615. The maximum Gasteiger partial charge on any atom is 0.0864 e. The van der Waals surface area contributed by atoms with Gasteiger partial charge in [0.2, 0.25) is 0 Å². The fourth-order valence-electron chi connectivity index (χ4n) is 2.16. The maximum absolute atomic E-state index is 4.18. The van der Waals surface area contributed by atoms with Crippen molar-refractivity contribution in [2.45, 2.75) is 19.2 Å². The molecule has 2 aromatic rings. The number of nitrogens with zero attached hydrogens (tertiary/aromatic N) is 2. The van der Waals surface area contributed by atoms with Gasteiger partial charge in [-0.15, -0.1) is 11.3 Å². The van der Waals surface area contributed by atoms with Gasteiger partial charge in [-0.1, -0.05) is 43.8 Å². The van der Waals surface area contributed by atoms with Crippen LogP contribution >= 0.6 is 23.1 Å². The van der Waals surface area contributed by atoms with Gasteiger partial charge >= 0.3 is 0 Å². The van der Waals surface area contributed by atoms with Crippen molar-refractivity contribution >= 4 is 33.7 Å². The van der Waals surface area contributed by atoms with Gasteiger partial charge in [0.15, 0.2) is 0 Å². The van der Waals surface area contributed by atoms with Gasteiger partial charge in [0.25, 0.3) is 0 Å². The molecular formula is C15H16N2S2. The van der Waals surface area contributed by atoms with Crippen molar-refractivity contribution in [1.82, 2.24) is 4.98 Å². The minimum absolute atomic E-state index is 0.458. The zero-order valence-corrected chi connectivity index (χ0v) is 12.6. The predicted molar refractivity (Wildman–Crippen MR) is 85.2 cm³/mol. The Morgan fingerprint density at radius 3 is 2.63 bits per heavy atom. The van der Waals surface area contributed by atoms with E-state index in [1.165, 1.54) is 15.5 Å². The number of aromatic nitrogens is 1. The first-order valence-electron chi connectivity index (χ1n) is 6.36. The number of rotatable bonds is 3. The van der Waals surface area contributed by atoms with Crippen LogP contribution in [0, 0.1) is 5.92 Å². The summed E-state index contributed by atoms with van der Waals surface area (Å²) in [5.41, 5.74) is 3.15. The van der Waals surface area contributed by atoms with Crippen molar-refractivity contribution in [3.8, 4) is 0 Å². The molecule has 0 saturated carbocycles. The van der Waals surface area contributed by atoms with Crippen molar-refractivity contribution in [3.05, 3.63) is 53.1 Å². The second kappa shape index (κ2) is 5.39. The van der Waals surface area contributed by atoms with E-state index in [0.717, 1.165) is 0 Å². The molecular weight excluding hydrogens is 272 g/mol. The van der Waals surface area contributed by atoms with Crippen molar-refractivity contribution < 1.29 is 0 Å². The third-order valence-corrected chi connectivity index (χ3v) is 5.61. The average molecular weight is 288 g/mol. The Bertz CT molecular complexity index is 561. The van der Waals surface area contributed by atoms with Crippen LogP contribution in [0.4, 0.5) is 5.69 Å². The predicted octanol–water partition coefficient (Wildman–Crippen LogP) is 4.68. The topological polar surface area (TPSA) is 16.1 Å². The molecule has 0 N–H and O–H groups in total. The molecule has 1 aliphatic heterocycles. The monoisotopic (exact) mass is 288 g/mol. The van der Waals surface area contributed by atoms with Crippen LogP contribution in [0.2, 0.25) is 0 Å². The molecule has 1 aliphatic rings. The van der Waals surface area contributed by atoms with E-state index < -0.39 is 0 Å². The quantitative estimate of drug-likeness (QED) is 0.816. The number of anilines is 1. The highest BCUT2D eigenvalue weighted by Gasteiger charge is 2.30. The van der Waals surface area contributed by atoms with Crippen LogP contribution in [-0.4, -0.2) is 10.4 Å². The highest BCUT2D eigenvalue weighted by molar-refractivity contribution is 8.09. The van der Waals surface area contributed by atoms with Gasteiger partial charge in [-0.05, 0) is 18.1 Å². The fraction of sp³-hybridized carbons (Fsp3) is 0.267.